The molecule has 0 aliphatic rings. The van der Waals surface area contributed by atoms with Crippen molar-refractivity contribution in [2.24, 2.45) is 0 Å². The number of nitrogens with zero attached hydrogens (tertiary/aromatic N) is 1. The average molecular weight is 301 g/mol. The number of esters is 1. The molecule has 0 spiro atoms. The lowest BCUT2D eigenvalue weighted by Gasteiger charge is -2.14. The molecular weight excluding hydrogens is 286 g/mol. The zero-order chi connectivity index (χ0) is 15.9. The predicted octanol–water partition coefficient (Wildman–Crippen LogP) is 3.03. The van der Waals surface area contributed by atoms with Gasteiger partial charge in [0, 0.05) is 19.2 Å². The van der Waals surface area contributed by atoms with Crippen LogP contribution in [0, 0.1) is 10.1 Å². The van der Waals surface area contributed by atoms with E-state index in [0.29, 0.717) is 5.56 Å². The standard InChI is InChI=1S/C16H15NO5/c1-21-15(13-8-5-9-14(10-13)17(19)20)16(18)22-11-12-6-3-2-4-7-12/h2-10,15H,11H2,1H3. The molecular formula is C16H15NO5. The Morgan fingerprint density at radius 1 is 1.18 bits per heavy atom. The third-order valence-corrected chi connectivity index (χ3v) is 3.06. The average Bonchev–Trinajstić information content (AvgIpc) is 2.55. The number of nitro benzene ring substituents is 1. The molecule has 0 bridgehead atoms. The van der Waals surface area contributed by atoms with Crippen LogP contribution in [-0.2, 0) is 20.9 Å². The van der Waals surface area contributed by atoms with Crippen LogP contribution in [0.15, 0.2) is 54.6 Å². The summed E-state index contributed by atoms with van der Waals surface area (Å²) in [7, 11) is 1.35. The minimum atomic E-state index is -0.997. The van der Waals surface area contributed by atoms with E-state index in [9.17, 15) is 14.9 Å². The zero-order valence-electron chi connectivity index (χ0n) is 12.0. The van der Waals surface area contributed by atoms with E-state index < -0.39 is 17.0 Å². The second-order valence-corrected chi connectivity index (χ2v) is 4.56. The van der Waals surface area contributed by atoms with Crippen molar-refractivity contribution in [3.8, 4) is 0 Å². The lowest BCUT2D eigenvalue weighted by molar-refractivity contribution is -0.385. The zero-order valence-corrected chi connectivity index (χ0v) is 12.0. The molecule has 1 unspecified atom stereocenters. The van der Waals surface area contributed by atoms with E-state index >= 15 is 0 Å². The molecule has 0 aliphatic carbocycles. The van der Waals surface area contributed by atoms with Gasteiger partial charge in [-0.3, -0.25) is 10.1 Å². The summed E-state index contributed by atoms with van der Waals surface area (Å²) in [5.41, 5.74) is 1.13. The van der Waals surface area contributed by atoms with Crippen LogP contribution in [0.1, 0.15) is 17.2 Å². The van der Waals surface area contributed by atoms with E-state index in [-0.39, 0.29) is 12.3 Å². The smallest absolute Gasteiger partial charge is 0.340 e. The van der Waals surface area contributed by atoms with Crippen LogP contribution >= 0.6 is 0 Å². The Labute approximate surface area is 127 Å². The van der Waals surface area contributed by atoms with Gasteiger partial charge in [-0.05, 0) is 11.1 Å². The highest BCUT2D eigenvalue weighted by Gasteiger charge is 2.23. The largest absolute Gasteiger partial charge is 0.459 e. The van der Waals surface area contributed by atoms with Crippen molar-refractivity contribution in [3.63, 3.8) is 0 Å². The molecule has 0 saturated carbocycles. The van der Waals surface area contributed by atoms with E-state index in [1.165, 1.54) is 25.3 Å². The van der Waals surface area contributed by atoms with Gasteiger partial charge in [0.25, 0.3) is 5.69 Å². The van der Waals surface area contributed by atoms with E-state index in [1.807, 2.05) is 30.3 Å². The Hall–Kier alpha value is -2.73. The van der Waals surface area contributed by atoms with Crippen LogP contribution in [0.5, 0.6) is 0 Å². The van der Waals surface area contributed by atoms with Gasteiger partial charge >= 0.3 is 5.97 Å². The molecule has 22 heavy (non-hydrogen) atoms. The third kappa shape index (κ3) is 3.89. The number of carbonyl (C=O) groups excluding carboxylic acids is 1. The van der Waals surface area contributed by atoms with Crippen LogP contribution < -0.4 is 0 Å². The first-order valence-electron chi connectivity index (χ1n) is 6.59. The van der Waals surface area contributed by atoms with Crippen molar-refractivity contribution in [3.05, 3.63) is 75.8 Å². The molecule has 0 saturated heterocycles. The summed E-state index contributed by atoms with van der Waals surface area (Å²) >= 11 is 0. The molecule has 0 heterocycles. The second kappa shape index (κ2) is 7.33. The van der Waals surface area contributed by atoms with Crippen LogP contribution in [0.4, 0.5) is 5.69 Å². The van der Waals surface area contributed by atoms with Crippen molar-refractivity contribution < 1.29 is 19.2 Å². The number of methoxy groups -OCH3 is 1. The molecule has 6 heteroatoms. The first kappa shape index (κ1) is 15.7. The minimum Gasteiger partial charge on any atom is -0.459 e. The van der Waals surface area contributed by atoms with Gasteiger partial charge in [-0.2, -0.15) is 0 Å². The van der Waals surface area contributed by atoms with Crippen LogP contribution in [0.2, 0.25) is 0 Å². The van der Waals surface area contributed by atoms with Crippen LogP contribution in [-0.4, -0.2) is 18.0 Å². The molecule has 2 aromatic carbocycles. The number of non-ortho nitro benzene ring substituents is 1. The predicted molar refractivity (Wildman–Crippen MR) is 79.1 cm³/mol. The number of nitro groups is 1. The summed E-state index contributed by atoms with van der Waals surface area (Å²) < 4.78 is 10.3. The molecule has 0 N–H and O–H groups in total. The normalized spacial score (nSPS) is 11.7. The fourth-order valence-electron chi connectivity index (χ4n) is 1.97. The Kier molecular flexibility index (Phi) is 5.21. The van der Waals surface area contributed by atoms with E-state index in [1.54, 1.807) is 6.07 Å². The second-order valence-electron chi connectivity index (χ2n) is 4.56. The van der Waals surface area contributed by atoms with Crippen molar-refractivity contribution in [1.29, 1.82) is 0 Å². The van der Waals surface area contributed by atoms with Gasteiger partial charge in [-0.25, -0.2) is 4.79 Å². The summed E-state index contributed by atoms with van der Waals surface area (Å²) in [6.07, 6.45) is -0.997. The highest BCUT2D eigenvalue weighted by molar-refractivity contribution is 5.76. The number of benzene rings is 2. The number of hydrogen-bond acceptors (Lipinski definition) is 5. The topological polar surface area (TPSA) is 78.7 Å². The van der Waals surface area contributed by atoms with Gasteiger partial charge in [-0.1, -0.05) is 42.5 Å². The molecule has 0 aromatic heterocycles. The fourth-order valence-corrected chi connectivity index (χ4v) is 1.97. The van der Waals surface area contributed by atoms with E-state index in [4.69, 9.17) is 9.47 Å². The number of hydrogen-bond donors (Lipinski definition) is 0. The third-order valence-electron chi connectivity index (χ3n) is 3.06. The number of rotatable bonds is 6. The lowest BCUT2D eigenvalue weighted by atomic mass is 10.1. The molecule has 0 amide bonds. The maximum Gasteiger partial charge on any atom is 0.340 e. The first-order chi connectivity index (χ1) is 10.6. The molecule has 0 radical (unpaired) electrons. The molecule has 2 aromatic rings. The maximum absolute atomic E-state index is 12.1. The molecule has 2 rings (SSSR count). The van der Waals surface area contributed by atoms with Crippen LogP contribution in [0.25, 0.3) is 0 Å². The maximum atomic E-state index is 12.1. The summed E-state index contributed by atoms with van der Waals surface area (Å²) in [4.78, 5) is 22.4. The van der Waals surface area contributed by atoms with Gasteiger partial charge in [0.1, 0.15) is 6.61 Å². The first-order valence-corrected chi connectivity index (χ1v) is 6.59. The number of carbonyl (C=O) groups is 1. The van der Waals surface area contributed by atoms with Crippen molar-refractivity contribution in [2.45, 2.75) is 12.7 Å². The Morgan fingerprint density at radius 3 is 2.55 bits per heavy atom. The fraction of sp³-hybridized carbons (Fsp3) is 0.188. The summed E-state index contributed by atoms with van der Waals surface area (Å²) in [6, 6.07) is 15.0. The lowest BCUT2D eigenvalue weighted by Crippen LogP contribution is -2.17. The summed E-state index contributed by atoms with van der Waals surface area (Å²) in [6.45, 7) is 0.120. The minimum absolute atomic E-state index is 0.101. The van der Waals surface area contributed by atoms with Gasteiger partial charge in [-0.15, -0.1) is 0 Å². The molecule has 6 nitrogen and oxygen atoms in total. The molecule has 114 valence electrons. The molecule has 1 atom stereocenters. The highest BCUT2D eigenvalue weighted by atomic mass is 16.6. The number of ether oxygens (including phenoxy) is 2. The molecule has 0 fully saturated rings. The quantitative estimate of drug-likeness (QED) is 0.465. The molecule has 0 aliphatic heterocycles. The van der Waals surface area contributed by atoms with Crippen molar-refractivity contribution >= 4 is 11.7 Å². The van der Waals surface area contributed by atoms with Crippen molar-refractivity contribution in [1.82, 2.24) is 0 Å². The van der Waals surface area contributed by atoms with E-state index in [2.05, 4.69) is 0 Å². The van der Waals surface area contributed by atoms with Gasteiger partial charge in [0.05, 0.1) is 4.92 Å². The van der Waals surface area contributed by atoms with Gasteiger partial charge < -0.3 is 9.47 Å². The van der Waals surface area contributed by atoms with E-state index in [0.717, 1.165) is 5.56 Å². The summed E-state index contributed by atoms with van der Waals surface area (Å²) in [5, 5.41) is 10.8. The Morgan fingerprint density at radius 2 is 1.91 bits per heavy atom. The summed E-state index contributed by atoms with van der Waals surface area (Å²) in [5.74, 6) is -0.591. The van der Waals surface area contributed by atoms with Crippen molar-refractivity contribution in [2.75, 3.05) is 7.11 Å². The van der Waals surface area contributed by atoms with Crippen LogP contribution in [0.3, 0.4) is 0 Å². The van der Waals surface area contributed by atoms with Gasteiger partial charge in [0.15, 0.2) is 6.10 Å². The highest BCUT2D eigenvalue weighted by Crippen LogP contribution is 2.23. The Balaban J connectivity index is 2.08. The SMILES string of the molecule is COC(C(=O)OCc1ccccc1)c1cccc([N+](=O)[O-])c1. The Bertz CT molecular complexity index is 657. The monoisotopic (exact) mass is 301 g/mol. The van der Waals surface area contributed by atoms with Gasteiger partial charge in [0.2, 0.25) is 0 Å².